The maximum atomic E-state index is 11.0. The van der Waals surface area contributed by atoms with Gasteiger partial charge in [-0.2, -0.15) is 0 Å². The molecule has 1 aliphatic rings. The number of aliphatic carboxylic acids is 1. The molecule has 4 nitrogen and oxygen atoms in total. The van der Waals surface area contributed by atoms with E-state index in [1.165, 1.54) is 0 Å². The molecule has 1 aromatic rings. The van der Waals surface area contributed by atoms with Gasteiger partial charge in [0.15, 0.2) is 0 Å². The molecule has 104 valence electrons. The Morgan fingerprint density at radius 2 is 1.89 bits per heavy atom. The van der Waals surface area contributed by atoms with Gasteiger partial charge in [0.25, 0.3) is 0 Å². The maximum Gasteiger partial charge on any atom is 0.307 e. The van der Waals surface area contributed by atoms with Gasteiger partial charge in [-0.3, -0.25) is 4.79 Å². The van der Waals surface area contributed by atoms with Crippen molar-refractivity contribution < 1.29 is 15.0 Å². The lowest BCUT2D eigenvalue weighted by Crippen LogP contribution is -2.18. The molecule has 0 saturated carbocycles. The third kappa shape index (κ3) is 2.30. The number of carboxylic acid groups (broad SMARTS) is 1. The van der Waals surface area contributed by atoms with E-state index in [9.17, 15) is 9.90 Å². The standard InChI is InChI=1S/C14H18ClNO3/c1-6-7(2)13(17)11(8(3)12(6)15)10-4-9(5-16-10)14(18)19/h9-10,16-17H,4-5H2,1-3H3,(H,18,19). The minimum Gasteiger partial charge on any atom is -0.507 e. The van der Waals surface area contributed by atoms with E-state index in [0.29, 0.717) is 18.0 Å². The second kappa shape index (κ2) is 5.02. The molecule has 3 N–H and O–H groups in total. The van der Waals surface area contributed by atoms with Crippen molar-refractivity contribution in [2.75, 3.05) is 6.54 Å². The van der Waals surface area contributed by atoms with Gasteiger partial charge in [0.2, 0.25) is 0 Å². The van der Waals surface area contributed by atoms with Gasteiger partial charge in [0, 0.05) is 23.2 Å². The second-order valence-corrected chi connectivity index (χ2v) is 5.56. The van der Waals surface area contributed by atoms with Crippen LogP contribution in [-0.2, 0) is 4.79 Å². The van der Waals surface area contributed by atoms with Gasteiger partial charge in [-0.15, -0.1) is 0 Å². The summed E-state index contributed by atoms with van der Waals surface area (Å²) in [5.74, 6) is -0.991. The van der Waals surface area contributed by atoms with Crippen LogP contribution in [0.25, 0.3) is 0 Å². The SMILES string of the molecule is Cc1c(C)c(Cl)c(C)c(C2CC(C(=O)O)CN2)c1O. The third-order valence-corrected chi connectivity index (χ3v) is 4.63. The summed E-state index contributed by atoms with van der Waals surface area (Å²) in [7, 11) is 0. The highest BCUT2D eigenvalue weighted by molar-refractivity contribution is 6.32. The molecular formula is C14H18ClNO3. The van der Waals surface area contributed by atoms with Gasteiger partial charge in [0.1, 0.15) is 5.75 Å². The molecule has 0 bridgehead atoms. The quantitative estimate of drug-likeness (QED) is 0.780. The van der Waals surface area contributed by atoms with E-state index in [1.807, 2.05) is 20.8 Å². The maximum absolute atomic E-state index is 11.0. The molecule has 1 saturated heterocycles. The summed E-state index contributed by atoms with van der Waals surface area (Å²) in [6, 6.07) is -0.155. The molecule has 5 heteroatoms. The van der Waals surface area contributed by atoms with Gasteiger partial charge in [-0.1, -0.05) is 11.6 Å². The van der Waals surface area contributed by atoms with Crippen molar-refractivity contribution in [3.8, 4) is 5.75 Å². The predicted molar refractivity (Wildman–Crippen MR) is 73.8 cm³/mol. The Bertz CT molecular complexity index is 513. The van der Waals surface area contributed by atoms with Crippen LogP contribution < -0.4 is 5.32 Å². The van der Waals surface area contributed by atoms with Crippen LogP contribution in [0.2, 0.25) is 5.02 Å². The molecule has 1 aromatic carbocycles. The molecule has 2 unspecified atom stereocenters. The number of rotatable bonds is 2. The molecule has 2 atom stereocenters. The first-order chi connectivity index (χ1) is 8.84. The first kappa shape index (κ1) is 14.2. The van der Waals surface area contributed by atoms with Gasteiger partial charge in [-0.05, 0) is 43.9 Å². The number of nitrogens with one attached hydrogen (secondary N) is 1. The molecule has 2 rings (SSSR count). The van der Waals surface area contributed by atoms with Crippen molar-refractivity contribution in [3.05, 3.63) is 27.3 Å². The highest BCUT2D eigenvalue weighted by Crippen LogP contribution is 2.41. The molecular weight excluding hydrogens is 266 g/mol. The minimum absolute atomic E-state index is 0.155. The van der Waals surface area contributed by atoms with Crippen molar-refractivity contribution in [3.63, 3.8) is 0 Å². The number of hydrogen-bond donors (Lipinski definition) is 3. The first-order valence-corrected chi connectivity index (χ1v) is 6.66. The van der Waals surface area contributed by atoms with Crippen molar-refractivity contribution in [2.45, 2.75) is 33.2 Å². The fraction of sp³-hybridized carbons (Fsp3) is 0.500. The Hall–Kier alpha value is -1.26. The summed E-state index contributed by atoms with van der Waals surface area (Å²) in [6.45, 7) is 5.97. The summed E-state index contributed by atoms with van der Waals surface area (Å²) < 4.78 is 0. The Kier molecular flexibility index (Phi) is 3.74. The molecule has 1 aliphatic heterocycles. The number of carboxylic acids is 1. The van der Waals surface area contributed by atoms with Gasteiger partial charge in [-0.25, -0.2) is 0 Å². The van der Waals surface area contributed by atoms with Crippen LogP contribution in [0.1, 0.15) is 34.7 Å². The largest absolute Gasteiger partial charge is 0.507 e. The Morgan fingerprint density at radius 3 is 2.42 bits per heavy atom. The fourth-order valence-electron chi connectivity index (χ4n) is 2.69. The number of phenols is 1. The van der Waals surface area contributed by atoms with E-state index in [2.05, 4.69) is 5.32 Å². The summed E-state index contributed by atoms with van der Waals surface area (Å²) in [4.78, 5) is 11.0. The molecule has 0 spiro atoms. The smallest absolute Gasteiger partial charge is 0.307 e. The molecule has 1 heterocycles. The average molecular weight is 284 g/mol. The zero-order valence-electron chi connectivity index (χ0n) is 11.2. The number of carbonyl (C=O) groups is 1. The van der Waals surface area contributed by atoms with Crippen LogP contribution in [0.5, 0.6) is 5.75 Å². The van der Waals surface area contributed by atoms with Gasteiger partial charge in [0.05, 0.1) is 5.92 Å². The first-order valence-electron chi connectivity index (χ1n) is 6.28. The van der Waals surface area contributed by atoms with E-state index in [0.717, 1.165) is 22.3 Å². The van der Waals surface area contributed by atoms with Crippen molar-refractivity contribution >= 4 is 17.6 Å². The van der Waals surface area contributed by atoms with Crippen LogP contribution in [0.15, 0.2) is 0 Å². The van der Waals surface area contributed by atoms with Gasteiger partial charge >= 0.3 is 5.97 Å². The monoisotopic (exact) mass is 283 g/mol. The lowest BCUT2D eigenvalue weighted by atomic mass is 9.91. The Balaban J connectivity index is 2.44. The summed E-state index contributed by atoms with van der Waals surface area (Å²) in [5.41, 5.74) is 3.18. The number of halogens is 1. The molecule has 0 amide bonds. The second-order valence-electron chi connectivity index (χ2n) is 5.18. The topological polar surface area (TPSA) is 69.6 Å². The highest BCUT2D eigenvalue weighted by atomic mass is 35.5. The summed E-state index contributed by atoms with van der Waals surface area (Å²) in [5, 5.41) is 23.2. The normalized spacial score (nSPS) is 22.7. The van der Waals surface area contributed by atoms with E-state index in [-0.39, 0.29) is 11.8 Å². The fourth-order valence-corrected chi connectivity index (χ4v) is 2.93. The zero-order chi connectivity index (χ0) is 14.3. The third-order valence-electron chi connectivity index (χ3n) is 4.06. The molecule has 19 heavy (non-hydrogen) atoms. The molecule has 0 aliphatic carbocycles. The Labute approximate surface area is 117 Å². The molecule has 1 fully saturated rings. The molecule has 0 aromatic heterocycles. The minimum atomic E-state index is -0.804. The van der Waals surface area contributed by atoms with Crippen molar-refractivity contribution in [1.29, 1.82) is 0 Å². The van der Waals surface area contributed by atoms with E-state index >= 15 is 0 Å². The van der Waals surface area contributed by atoms with Crippen LogP contribution in [0.3, 0.4) is 0 Å². The number of benzene rings is 1. The van der Waals surface area contributed by atoms with Crippen LogP contribution in [-0.4, -0.2) is 22.7 Å². The lowest BCUT2D eigenvalue weighted by Gasteiger charge is -2.20. The van der Waals surface area contributed by atoms with E-state index in [4.69, 9.17) is 16.7 Å². The van der Waals surface area contributed by atoms with Crippen LogP contribution in [0, 0.1) is 26.7 Å². The van der Waals surface area contributed by atoms with Crippen LogP contribution in [0.4, 0.5) is 0 Å². The number of hydrogen-bond acceptors (Lipinski definition) is 3. The zero-order valence-corrected chi connectivity index (χ0v) is 12.0. The Morgan fingerprint density at radius 1 is 1.26 bits per heavy atom. The summed E-state index contributed by atoms with van der Waals surface area (Å²) in [6.07, 6.45) is 0.475. The summed E-state index contributed by atoms with van der Waals surface area (Å²) >= 11 is 6.28. The number of phenolic OH excluding ortho intramolecular Hbond substituents is 1. The predicted octanol–water partition coefficient (Wildman–Crippen LogP) is 2.71. The van der Waals surface area contributed by atoms with Crippen molar-refractivity contribution in [2.24, 2.45) is 5.92 Å². The highest BCUT2D eigenvalue weighted by Gasteiger charge is 2.33. The van der Waals surface area contributed by atoms with Gasteiger partial charge < -0.3 is 15.5 Å². The van der Waals surface area contributed by atoms with E-state index in [1.54, 1.807) is 0 Å². The van der Waals surface area contributed by atoms with E-state index < -0.39 is 11.9 Å². The average Bonchev–Trinajstić information content (AvgIpc) is 2.84. The van der Waals surface area contributed by atoms with Crippen LogP contribution >= 0.6 is 11.6 Å². The molecule has 0 radical (unpaired) electrons. The lowest BCUT2D eigenvalue weighted by molar-refractivity contribution is -0.141. The number of aromatic hydroxyl groups is 1. The van der Waals surface area contributed by atoms with Crippen molar-refractivity contribution in [1.82, 2.24) is 5.32 Å².